The third kappa shape index (κ3) is 5.35. The third-order valence-corrected chi connectivity index (χ3v) is 5.67. The van der Waals surface area contributed by atoms with Gasteiger partial charge in [-0.1, -0.05) is 41.4 Å². The van der Waals surface area contributed by atoms with E-state index in [-0.39, 0.29) is 6.61 Å². The number of ether oxygens (including phenoxy) is 2. The number of nitrogens with one attached hydrogen (secondary N) is 2. The molecule has 0 saturated heterocycles. The molecule has 0 bridgehead atoms. The van der Waals surface area contributed by atoms with E-state index in [4.69, 9.17) is 32.7 Å². The Morgan fingerprint density at radius 1 is 1.12 bits per heavy atom. The normalized spacial score (nSPS) is 11.2. The van der Waals surface area contributed by atoms with Crippen LogP contribution in [0.3, 0.4) is 0 Å². The number of hydrogen-bond donors (Lipinski definition) is 2. The molecule has 0 amide bonds. The molecule has 0 aliphatic heterocycles. The number of H-pyrrole nitrogens is 1. The molecule has 4 aromatic rings. The lowest BCUT2D eigenvalue weighted by molar-refractivity contribution is 0.267. The van der Waals surface area contributed by atoms with Gasteiger partial charge in [0.25, 0.3) is 0 Å². The number of nitrogens with zero attached hydrogens (tertiary/aromatic N) is 2. The predicted molar refractivity (Wildman–Crippen MR) is 133 cm³/mol. The van der Waals surface area contributed by atoms with Gasteiger partial charge in [-0.25, -0.2) is 10.4 Å². The summed E-state index contributed by atoms with van der Waals surface area (Å²) in [6.45, 7) is 2.68. The molecular formula is C23H19BrCl2N4O2. The minimum atomic E-state index is 0.274. The van der Waals surface area contributed by atoms with Crippen molar-refractivity contribution in [1.82, 2.24) is 9.97 Å². The number of fused-ring (bicyclic) bond motifs is 1. The molecule has 9 heteroatoms. The van der Waals surface area contributed by atoms with Crippen LogP contribution in [0.4, 0.5) is 5.95 Å². The lowest BCUT2D eigenvalue weighted by atomic mass is 10.2. The first kappa shape index (κ1) is 22.5. The zero-order valence-corrected chi connectivity index (χ0v) is 20.1. The lowest BCUT2D eigenvalue weighted by Crippen LogP contribution is -2.02. The van der Waals surface area contributed by atoms with E-state index in [0.717, 1.165) is 26.6 Å². The summed E-state index contributed by atoms with van der Waals surface area (Å²) in [6.07, 6.45) is 1.68. The highest BCUT2D eigenvalue weighted by molar-refractivity contribution is 9.10. The van der Waals surface area contributed by atoms with Crippen LogP contribution in [0.5, 0.6) is 11.5 Å². The van der Waals surface area contributed by atoms with Crippen LogP contribution in [0.1, 0.15) is 18.1 Å². The summed E-state index contributed by atoms with van der Waals surface area (Å²) in [7, 11) is 0. The Morgan fingerprint density at radius 3 is 2.75 bits per heavy atom. The number of anilines is 1. The molecule has 6 nitrogen and oxygen atoms in total. The minimum Gasteiger partial charge on any atom is -0.490 e. The molecule has 2 N–H and O–H groups in total. The van der Waals surface area contributed by atoms with Crippen molar-refractivity contribution in [3.8, 4) is 11.5 Å². The van der Waals surface area contributed by atoms with Crippen LogP contribution in [-0.4, -0.2) is 22.8 Å². The first-order valence-corrected chi connectivity index (χ1v) is 11.3. The van der Waals surface area contributed by atoms with E-state index in [0.29, 0.717) is 34.1 Å². The topological polar surface area (TPSA) is 71.5 Å². The summed E-state index contributed by atoms with van der Waals surface area (Å²) in [6, 6.07) is 16.8. The average molecular weight is 534 g/mol. The highest BCUT2D eigenvalue weighted by Crippen LogP contribution is 2.37. The van der Waals surface area contributed by atoms with Crippen molar-refractivity contribution in [2.45, 2.75) is 13.5 Å². The number of halogens is 3. The first-order chi connectivity index (χ1) is 15.5. The SMILES string of the molecule is CCOc1cc(/C=N\Nc2nc3ccccc3[nH]2)cc(Br)c1OCc1ccc(Cl)cc1Cl. The second-order valence-corrected chi connectivity index (χ2v) is 8.46. The van der Waals surface area contributed by atoms with E-state index in [9.17, 15) is 0 Å². The van der Waals surface area contributed by atoms with Gasteiger partial charge in [-0.05, 0) is 64.8 Å². The molecule has 164 valence electrons. The Labute approximate surface area is 203 Å². The number of aromatic amines is 1. The summed E-state index contributed by atoms with van der Waals surface area (Å²) in [4.78, 5) is 7.60. The molecule has 0 fully saturated rings. The van der Waals surface area contributed by atoms with Crippen LogP contribution in [0.25, 0.3) is 11.0 Å². The van der Waals surface area contributed by atoms with E-state index >= 15 is 0 Å². The standard InChI is InChI=1S/C23H19BrCl2N4O2/c1-2-31-21-10-14(12-27-30-23-28-19-5-3-4-6-20(19)29-23)9-17(24)22(21)32-13-15-7-8-16(25)11-18(15)26/h3-12H,2,13H2,1H3,(H2,28,29,30)/b27-12-. The highest BCUT2D eigenvalue weighted by atomic mass is 79.9. The molecular weight excluding hydrogens is 515 g/mol. The number of hydrogen-bond acceptors (Lipinski definition) is 5. The summed E-state index contributed by atoms with van der Waals surface area (Å²) in [5, 5.41) is 5.40. The Balaban J connectivity index is 1.50. The van der Waals surface area contributed by atoms with Gasteiger partial charge in [0, 0.05) is 15.6 Å². The van der Waals surface area contributed by atoms with Crippen molar-refractivity contribution in [3.63, 3.8) is 0 Å². The average Bonchev–Trinajstić information content (AvgIpc) is 3.17. The molecule has 0 saturated carbocycles. The molecule has 1 aromatic heterocycles. The molecule has 4 rings (SSSR count). The molecule has 0 aliphatic rings. The molecule has 32 heavy (non-hydrogen) atoms. The van der Waals surface area contributed by atoms with Crippen molar-refractivity contribution < 1.29 is 9.47 Å². The van der Waals surface area contributed by atoms with Crippen molar-refractivity contribution >= 4 is 62.3 Å². The van der Waals surface area contributed by atoms with Gasteiger partial charge in [-0.15, -0.1) is 0 Å². The van der Waals surface area contributed by atoms with Crippen LogP contribution < -0.4 is 14.9 Å². The second kappa shape index (κ2) is 10.3. The van der Waals surface area contributed by atoms with Crippen LogP contribution in [0.15, 0.2) is 64.2 Å². The van der Waals surface area contributed by atoms with Gasteiger partial charge in [0.2, 0.25) is 5.95 Å². The molecule has 0 radical (unpaired) electrons. The van der Waals surface area contributed by atoms with Crippen molar-refractivity contribution in [2.75, 3.05) is 12.0 Å². The Bertz CT molecular complexity index is 1240. The number of hydrazone groups is 1. The second-order valence-electron chi connectivity index (χ2n) is 6.76. The Kier molecular flexibility index (Phi) is 7.19. The zero-order valence-electron chi connectivity index (χ0n) is 17.0. The van der Waals surface area contributed by atoms with Crippen LogP contribution >= 0.6 is 39.1 Å². The van der Waals surface area contributed by atoms with Crippen molar-refractivity contribution in [2.24, 2.45) is 5.10 Å². The first-order valence-electron chi connectivity index (χ1n) is 9.80. The van der Waals surface area contributed by atoms with E-state index < -0.39 is 0 Å². The number of imidazole rings is 1. The Hall–Kier alpha value is -2.74. The maximum atomic E-state index is 6.26. The molecule has 0 spiro atoms. The quantitative estimate of drug-likeness (QED) is 0.188. The van der Waals surface area contributed by atoms with Crippen molar-refractivity contribution in [3.05, 3.63) is 80.2 Å². The fourth-order valence-electron chi connectivity index (χ4n) is 3.03. The largest absolute Gasteiger partial charge is 0.490 e. The fourth-order valence-corrected chi connectivity index (χ4v) is 4.07. The monoisotopic (exact) mass is 532 g/mol. The maximum absolute atomic E-state index is 6.26. The summed E-state index contributed by atoms with van der Waals surface area (Å²) in [5.74, 6) is 1.74. The van der Waals surface area contributed by atoms with E-state index in [2.05, 4.69) is 36.4 Å². The van der Waals surface area contributed by atoms with E-state index in [1.165, 1.54) is 0 Å². The Morgan fingerprint density at radius 2 is 1.97 bits per heavy atom. The maximum Gasteiger partial charge on any atom is 0.222 e. The van der Waals surface area contributed by atoms with E-state index in [1.54, 1.807) is 18.3 Å². The third-order valence-electron chi connectivity index (χ3n) is 4.49. The number of para-hydroxylation sites is 2. The van der Waals surface area contributed by atoms with Gasteiger partial charge in [-0.2, -0.15) is 5.10 Å². The molecule has 0 atom stereocenters. The minimum absolute atomic E-state index is 0.274. The number of aromatic nitrogens is 2. The molecule has 3 aromatic carbocycles. The molecule has 0 unspecified atom stereocenters. The van der Waals surface area contributed by atoms with Gasteiger partial charge in [0.05, 0.1) is 28.3 Å². The van der Waals surface area contributed by atoms with Crippen molar-refractivity contribution in [1.29, 1.82) is 0 Å². The van der Waals surface area contributed by atoms with Gasteiger partial charge >= 0.3 is 0 Å². The predicted octanol–water partition coefficient (Wildman–Crippen LogP) is 7.06. The van der Waals surface area contributed by atoms with Gasteiger partial charge < -0.3 is 14.5 Å². The van der Waals surface area contributed by atoms with Gasteiger partial charge in [0.15, 0.2) is 11.5 Å². The highest BCUT2D eigenvalue weighted by Gasteiger charge is 2.13. The zero-order chi connectivity index (χ0) is 22.5. The van der Waals surface area contributed by atoms with Crippen LogP contribution in [0.2, 0.25) is 10.0 Å². The van der Waals surface area contributed by atoms with Gasteiger partial charge in [0.1, 0.15) is 6.61 Å². The summed E-state index contributed by atoms with van der Waals surface area (Å²) in [5.41, 5.74) is 6.37. The smallest absolute Gasteiger partial charge is 0.222 e. The van der Waals surface area contributed by atoms with E-state index in [1.807, 2.05) is 49.4 Å². The summed E-state index contributed by atoms with van der Waals surface area (Å²) < 4.78 is 12.5. The fraction of sp³-hybridized carbons (Fsp3) is 0.130. The van der Waals surface area contributed by atoms with Crippen LogP contribution in [0, 0.1) is 0 Å². The summed E-state index contributed by atoms with van der Waals surface area (Å²) >= 11 is 15.8. The number of benzene rings is 3. The molecule has 0 aliphatic carbocycles. The molecule has 1 heterocycles. The van der Waals surface area contributed by atoms with Gasteiger partial charge in [-0.3, -0.25) is 0 Å². The number of rotatable bonds is 8. The lowest BCUT2D eigenvalue weighted by Gasteiger charge is -2.15. The van der Waals surface area contributed by atoms with Crippen LogP contribution in [-0.2, 0) is 6.61 Å².